The number of ether oxygens (including phenoxy) is 4. The first-order valence-corrected chi connectivity index (χ1v) is 11.6. The SMILES string of the molecule is C=CCOC[C@@H](O)[C@H](OCc1ccccc1)[C@@H](COC(=O)c1ccccc1)OCc1ccccc1. The van der Waals surface area contributed by atoms with Gasteiger partial charge in [0.1, 0.15) is 24.9 Å². The van der Waals surface area contributed by atoms with Crippen molar-refractivity contribution in [2.24, 2.45) is 0 Å². The van der Waals surface area contributed by atoms with E-state index in [0.29, 0.717) is 12.2 Å². The zero-order valence-corrected chi connectivity index (χ0v) is 19.7. The highest BCUT2D eigenvalue weighted by atomic mass is 16.6. The molecule has 6 nitrogen and oxygen atoms in total. The first-order valence-electron chi connectivity index (χ1n) is 11.6. The molecule has 0 amide bonds. The van der Waals surface area contributed by atoms with Crippen molar-refractivity contribution < 1.29 is 28.8 Å². The molecule has 0 aromatic heterocycles. The van der Waals surface area contributed by atoms with Crippen LogP contribution in [0.3, 0.4) is 0 Å². The Morgan fingerprint density at radius 1 is 0.800 bits per heavy atom. The maximum atomic E-state index is 12.6. The van der Waals surface area contributed by atoms with Crippen LogP contribution in [0.15, 0.2) is 104 Å². The van der Waals surface area contributed by atoms with Gasteiger partial charge < -0.3 is 24.1 Å². The molecule has 0 aliphatic rings. The lowest BCUT2D eigenvalue weighted by molar-refractivity contribution is -0.156. The Balaban J connectivity index is 1.75. The van der Waals surface area contributed by atoms with Crippen LogP contribution in [0, 0.1) is 0 Å². The predicted molar refractivity (Wildman–Crippen MR) is 134 cm³/mol. The van der Waals surface area contributed by atoms with E-state index >= 15 is 0 Å². The van der Waals surface area contributed by atoms with Gasteiger partial charge in [0.25, 0.3) is 0 Å². The maximum Gasteiger partial charge on any atom is 0.338 e. The van der Waals surface area contributed by atoms with Crippen molar-refractivity contribution in [3.05, 3.63) is 120 Å². The average Bonchev–Trinajstić information content (AvgIpc) is 2.91. The van der Waals surface area contributed by atoms with Gasteiger partial charge in [-0.3, -0.25) is 0 Å². The molecule has 3 aromatic rings. The Morgan fingerprint density at radius 3 is 1.91 bits per heavy atom. The summed E-state index contributed by atoms with van der Waals surface area (Å²) in [6, 6.07) is 28.0. The third-order valence-electron chi connectivity index (χ3n) is 5.25. The highest BCUT2D eigenvalue weighted by Crippen LogP contribution is 2.17. The Kier molecular flexibility index (Phi) is 11.2. The third kappa shape index (κ3) is 9.11. The molecule has 0 heterocycles. The molecule has 3 aromatic carbocycles. The minimum Gasteiger partial charge on any atom is -0.459 e. The molecular weight excluding hydrogens is 444 g/mol. The fourth-order valence-electron chi connectivity index (χ4n) is 3.43. The van der Waals surface area contributed by atoms with E-state index in [1.807, 2.05) is 66.7 Å². The van der Waals surface area contributed by atoms with E-state index in [0.717, 1.165) is 11.1 Å². The van der Waals surface area contributed by atoms with Gasteiger partial charge in [0.2, 0.25) is 0 Å². The van der Waals surface area contributed by atoms with E-state index in [9.17, 15) is 9.90 Å². The largest absolute Gasteiger partial charge is 0.459 e. The Bertz CT molecular complexity index is 993. The second kappa shape index (κ2) is 14.9. The molecule has 0 radical (unpaired) electrons. The number of rotatable bonds is 15. The fraction of sp³-hybridized carbons (Fsp3) is 0.276. The molecule has 0 saturated carbocycles. The zero-order valence-electron chi connectivity index (χ0n) is 19.7. The van der Waals surface area contributed by atoms with Crippen molar-refractivity contribution in [3.8, 4) is 0 Å². The molecule has 184 valence electrons. The van der Waals surface area contributed by atoms with Gasteiger partial charge in [-0.15, -0.1) is 6.58 Å². The Morgan fingerprint density at radius 2 is 1.34 bits per heavy atom. The number of aliphatic hydroxyl groups is 1. The highest BCUT2D eigenvalue weighted by Gasteiger charge is 2.32. The van der Waals surface area contributed by atoms with Crippen molar-refractivity contribution in [1.29, 1.82) is 0 Å². The summed E-state index contributed by atoms with van der Waals surface area (Å²) in [5.74, 6) is -0.474. The maximum absolute atomic E-state index is 12.6. The summed E-state index contributed by atoms with van der Waals surface area (Å²) in [4.78, 5) is 12.6. The Hall–Kier alpha value is -3.29. The molecule has 0 aliphatic heterocycles. The molecule has 0 unspecified atom stereocenters. The number of hydrogen-bond acceptors (Lipinski definition) is 6. The molecule has 3 atom stereocenters. The summed E-state index contributed by atoms with van der Waals surface area (Å²) in [5, 5.41) is 11.0. The predicted octanol–water partition coefficient (Wildman–Crippen LogP) is 4.58. The van der Waals surface area contributed by atoms with E-state index in [4.69, 9.17) is 18.9 Å². The van der Waals surface area contributed by atoms with Crippen LogP contribution in [0.2, 0.25) is 0 Å². The van der Waals surface area contributed by atoms with Crippen LogP contribution in [0.5, 0.6) is 0 Å². The van der Waals surface area contributed by atoms with E-state index < -0.39 is 24.3 Å². The number of esters is 1. The number of carbonyl (C=O) groups is 1. The molecular formula is C29H32O6. The number of aliphatic hydroxyl groups excluding tert-OH is 1. The second-order valence-electron chi connectivity index (χ2n) is 7.95. The van der Waals surface area contributed by atoms with Crippen LogP contribution in [-0.2, 0) is 32.2 Å². The standard InChI is InChI=1S/C29H32O6/c1-2-18-32-21-26(30)28(34-20-24-14-8-4-9-15-24)27(33-19-23-12-6-3-7-13-23)22-35-29(31)25-16-10-5-11-17-25/h2-17,26-28,30H,1,18-22H2/t26-,27-,28+/m1/s1. The number of carbonyl (C=O) groups excluding carboxylic acids is 1. The van der Waals surface area contributed by atoms with Gasteiger partial charge >= 0.3 is 5.97 Å². The van der Waals surface area contributed by atoms with E-state index in [2.05, 4.69) is 6.58 Å². The lowest BCUT2D eigenvalue weighted by atomic mass is 10.1. The van der Waals surface area contributed by atoms with Crippen LogP contribution in [-0.4, -0.2) is 49.2 Å². The molecule has 1 N–H and O–H groups in total. The summed E-state index contributed by atoms with van der Waals surface area (Å²) in [5.41, 5.74) is 2.33. The van der Waals surface area contributed by atoms with Gasteiger partial charge in [-0.1, -0.05) is 84.9 Å². The molecule has 0 spiro atoms. The average molecular weight is 477 g/mol. The smallest absolute Gasteiger partial charge is 0.338 e. The lowest BCUT2D eigenvalue weighted by Crippen LogP contribution is -2.46. The van der Waals surface area contributed by atoms with Crippen LogP contribution < -0.4 is 0 Å². The second-order valence-corrected chi connectivity index (χ2v) is 7.95. The first-order chi connectivity index (χ1) is 17.2. The van der Waals surface area contributed by atoms with Crippen molar-refractivity contribution in [2.75, 3.05) is 19.8 Å². The summed E-state index contributed by atoms with van der Waals surface area (Å²) < 4.78 is 23.3. The Labute approximate surface area is 206 Å². The van der Waals surface area contributed by atoms with Gasteiger partial charge in [0.15, 0.2) is 0 Å². The number of benzene rings is 3. The summed E-state index contributed by atoms with van der Waals surface area (Å²) in [6.45, 7) is 4.36. The minimum absolute atomic E-state index is 0.0172. The summed E-state index contributed by atoms with van der Waals surface area (Å²) >= 11 is 0. The van der Waals surface area contributed by atoms with Gasteiger partial charge in [-0.25, -0.2) is 4.79 Å². The van der Waals surface area contributed by atoms with Crippen molar-refractivity contribution in [1.82, 2.24) is 0 Å². The van der Waals surface area contributed by atoms with E-state index in [1.165, 1.54) is 0 Å². The molecule has 0 bridgehead atoms. The third-order valence-corrected chi connectivity index (χ3v) is 5.25. The quantitative estimate of drug-likeness (QED) is 0.197. The van der Waals surface area contributed by atoms with E-state index in [-0.39, 0.29) is 26.4 Å². The fourth-order valence-corrected chi connectivity index (χ4v) is 3.43. The van der Waals surface area contributed by atoms with Crippen LogP contribution >= 0.6 is 0 Å². The molecule has 0 aliphatic carbocycles. The lowest BCUT2D eigenvalue weighted by Gasteiger charge is -2.31. The summed E-state index contributed by atoms with van der Waals surface area (Å²) in [7, 11) is 0. The van der Waals surface area contributed by atoms with Gasteiger partial charge in [-0.05, 0) is 23.3 Å². The van der Waals surface area contributed by atoms with Crippen molar-refractivity contribution in [2.45, 2.75) is 31.5 Å². The minimum atomic E-state index is -1.02. The van der Waals surface area contributed by atoms with Crippen LogP contribution in [0.1, 0.15) is 21.5 Å². The molecule has 35 heavy (non-hydrogen) atoms. The van der Waals surface area contributed by atoms with E-state index in [1.54, 1.807) is 30.3 Å². The van der Waals surface area contributed by atoms with Gasteiger partial charge in [-0.2, -0.15) is 0 Å². The highest BCUT2D eigenvalue weighted by molar-refractivity contribution is 5.89. The van der Waals surface area contributed by atoms with Gasteiger partial charge in [0.05, 0.1) is 32.0 Å². The molecule has 6 heteroatoms. The monoisotopic (exact) mass is 476 g/mol. The first kappa shape index (κ1) is 26.3. The van der Waals surface area contributed by atoms with Crippen molar-refractivity contribution in [3.63, 3.8) is 0 Å². The van der Waals surface area contributed by atoms with Crippen LogP contribution in [0.4, 0.5) is 0 Å². The topological polar surface area (TPSA) is 74.2 Å². The molecule has 3 rings (SSSR count). The molecule has 0 fully saturated rings. The normalized spacial score (nSPS) is 13.5. The molecule has 0 saturated heterocycles. The van der Waals surface area contributed by atoms with Gasteiger partial charge in [0, 0.05) is 0 Å². The van der Waals surface area contributed by atoms with Crippen molar-refractivity contribution >= 4 is 5.97 Å². The summed E-state index contributed by atoms with van der Waals surface area (Å²) in [6.07, 6.45) is -0.964. The number of hydrogen-bond donors (Lipinski definition) is 1. The zero-order chi connectivity index (χ0) is 24.7. The van der Waals surface area contributed by atoms with Crippen LogP contribution in [0.25, 0.3) is 0 Å².